The van der Waals surface area contributed by atoms with Gasteiger partial charge >= 0.3 is 12.1 Å². The lowest BCUT2D eigenvalue weighted by atomic mass is 10.0. The summed E-state index contributed by atoms with van der Waals surface area (Å²) in [5.74, 6) is 0.482. The van der Waals surface area contributed by atoms with E-state index in [-0.39, 0.29) is 18.9 Å². The molecule has 37 heavy (non-hydrogen) atoms. The topological polar surface area (TPSA) is 75.6 Å². The van der Waals surface area contributed by atoms with Gasteiger partial charge in [0.2, 0.25) is 0 Å². The van der Waals surface area contributed by atoms with Crippen LogP contribution >= 0.6 is 0 Å². The molecule has 9 heteroatoms. The van der Waals surface area contributed by atoms with E-state index in [1.54, 1.807) is 13.0 Å². The van der Waals surface area contributed by atoms with E-state index in [9.17, 15) is 18.0 Å². The first-order valence-electron chi connectivity index (χ1n) is 12.2. The minimum absolute atomic E-state index is 0.0346. The van der Waals surface area contributed by atoms with E-state index >= 15 is 0 Å². The van der Waals surface area contributed by atoms with E-state index < -0.39 is 17.7 Å². The van der Waals surface area contributed by atoms with Crippen molar-refractivity contribution in [2.75, 3.05) is 13.1 Å². The molecular weight excluding hydrogens is 483 g/mol. The van der Waals surface area contributed by atoms with Gasteiger partial charge < -0.3 is 9.84 Å². The summed E-state index contributed by atoms with van der Waals surface area (Å²) >= 11 is 0. The first-order valence-corrected chi connectivity index (χ1v) is 12.2. The second-order valence-corrected chi connectivity index (χ2v) is 9.76. The smallest absolute Gasteiger partial charge is 0.416 e. The first-order chi connectivity index (χ1) is 17.5. The van der Waals surface area contributed by atoms with Gasteiger partial charge in [-0.1, -0.05) is 13.0 Å². The first kappa shape index (κ1) is 26.6. The van der Waals surface area contributed by atoms with E-state index in [1.165, 1.54) is 6.07 Å². The lowest BCUT2D eigenvalue weighted by Crippen LogP contribution is -2.35. The monoisotopic (exact) mass is 513 g/mol. The molecule has 0 fully saturated rings. The van der Waals surface area contributed by atoms with Crippen molar-refractivity contribution in [2.24, 2.45) is 5.92 Å². The van der Waals surface area contributed by atoms with Crippen LogP contribution in [0.2, 0.25) is 0 Å². The Kier molecular flexibility index (Phi) is 7.82. The zero-order valence-corrected chi connectivity index (χ0v) is 21.1. The Morgan fingerprint density at radius 2 is 1.95 bits per heavy atom. The van der Waals surface area contributed by atoms with Crippen LogP contribution in [0.5, 0.6) is 5.75 Å². The molecule has 196 valence electrons. The van der Waals surface area contributed by atoms with Crippen molar-refractivity contribution in [1.29, 1.82) is 0 Å². The molecular formula is C28H30F3N3O3. The van der Waals surface area contributed by atoms with Gasteiger partial charge in [-0.05, 0) is 66.8 Å². The standard InChI is InChI=1S/C28H30F3N3O3/c1-17(10-26(35)36)14-34-9-8-24-22(15-34)13-32-27(33-24)20-5-7-25(19(3)11-20)37-16-21-12-23(28(29,30)31)6-4-18(21)2/h4-7,11-13,17H,8-10,14-16H2,1-3H3,(H,35,36). The second kappa shape index (κ2) is 10.9. The van der Waals surface area contributed by atoms with Gasteiger partial charge in [0.25, 0.3) is 0 Å². The van der Waals surface area contributed by atoms with Crippen molar-refractivity contribution in [3.8, 4) is 17.1 Å². The third kappa shape index (κ3) is 6.65. The Morgan fingerprint density at radius 1 is 1.16 bits per heavy atom. The molecule has 1 N–H and O–H groups in total. The second-order valence-electron chi connectivity index (χ2n) is 9.76. The number of carbonyl (C=O) groups is 1. The summed E-state index contributed by atoms with van der Waals surface area (Å²) in [5, 5.41) is 8.99. The third-order valence-electron chi connectivity index (χ3n) is 6.60. The SMILES string of the molecule is Cc1ccc(C(F)(F)F)cc1COc1ccc(-c2ncc3c(n2)CCN(CC(C)CC(=O)O)C3)cc1C. The van der Waals surface area contributed by atoms with Gasteiger partial charge in [-0.15, -0.1) is 0 Å². The van der Waals surface area contributed by atoms with Crippen LogP contribution in [0.15, 0.2) is 42.6 Å². The minimum atomic E-state index is -4.40. The van der Waals surface area contributed by atoms with Gasteiger partial charge in [-0.2, -0.15) is 13.2 Å². The molecule has 0 bridgehead atoms. The number of aryl methyl sites for hydroxylation is 2. The van der Waals surface area contributed by atoms with Gasteiger partial charge in [-0.3, -0.25) is 9.69 Å². The fourth-order valence-electron chi connectivity index (χ4n) is 4.58. The number of aliphatic carboxylic acids is 1. The maximum atomic E-state index is 13.1. The van der Waals surface area contributed by atoms with Crippen LogP contribution in [0.1, 0.15) is 46.9 Å². The number of ether oxygens (including phenoxy) is 1. The number of hydrogen-bond acceptors (Lipinski definition) is 5. The summed E-state index contributed by atoms with van der Waals surface area (Å²) in [6.07, 6.45) is -1.65. The molecule has 0 radical (unpaired) electrons. The number of benzene rings is 2. The van der Waals surface area contributed by atoms with Gasteiger partial charge in [-0.25, -0.2) is 9.97 Å². The summed E-state index contributed by atoms with van der Waals surface area (Å²) in [6.45, 7) is 7.85. The Hall–Kier alpha value is -3.46. The van der Waals surface area contributed by atoms with Crippen LogP contribution in [0, 0.1) is 19.8 Å². The number of nitrogens with zero attached hydrogens (tertiary/aromatic N) is 3. The fraction of sp³-hybridized carbons (Fsp3) is 0.393. The van der Waals surface area contributed by atoms with Crippen molar-refractivity contribution in [3.05, 3.63) is 76.1 Å². The zero-order valence-electron chi connectivity index (χ0n) is 21.1. The Balaban J connectivity index is 1.43. The molecule has 2 heterocycles. The quantitative estimate of drug-likeness (QED) is 0.409. The molecule has 1 unspecified atom stereocenters. The van der Waals surface area contributed by atoms with Crippen LogP contribution in [0.25, 0.3) is 11.4 Å². The Bertz CT molecular complexity index is 1290. The number of fused-ring (bicyclic) bond motifs is 1. The predicted molar refractivity (Wildman–Crippen MR) is 133 cm³/mol. The van der Waals surface area contributed by atoms with Gasteiger partial charge in [0.15, 0.2) is 5.82 Å². The third-order valence-corrected chi connectivity index (χ3v) is 6.60. The van der Waals surface area contributed by atoms with Crippen molar-refractivity contribution in [2.45, 2.75) is 52.9 Å². The Labute approximate surface area is 214 Å². The molecule has 1 aliphatic heterocycles. The van der Waals surface area contributed by atoms with E-state index in [0.29, 0.717) is 30.2 Å². The highest BCUT2D eigenvalue weighted by Crippen LogP contribution is 2.31. The number of halogens is 3. The van der Waals surface area contributed by atoms with E-state index in [4.69, 9.17) is 14.8 Å². The Morgan fingerprint density at radius 3 is 2.65 bits per heavy atom. The lowest BCUT2D eigenvalue weighted by molar-refractivity contribution is -0.138. The highest BCUT2D eigenvalue weighted by atomic mass is 19.4. The molecule has 6 nitrogen and oxygen atoms in total. The van der Waals surface area contributed by atoms with E-state index in [2.05, 4.69) is 9.88 Å². The number of rotatable bonds is 8. The largest absolute Gasteiger partial charge is 0.489 e. The minimum Gasteiger partial charge on any atom is -0.489 e. The number of carboxylic acids is 1. The molecule has 1 aromatic heterocycles. The van der Waals surface area contributed by atoms with Crippen molar-refractivity contribution >= 4 is 5.97 Å². The highest BCUT2D eigenvalue weighted by Gasteiger charge is 2.30. The number of aromatic nitrogens is 2. The predicted octanol–water partition coefficient (Wildman–Crippen LogP) is 5.83. The number of alkyl halides is 3. The lowest BCUT2D eigenvalue weighted by Gasteiger charge is -2.29. The van der Waals surface area contributed by atoms with Crippen LogP contribution in [-0.2, 0) is 30.5 Å². The summed E-state index contributed by atoms with van der Waals surface area (Å²) in [7, 11) is 0. The molecule has 0 amide bonds. The molecule has 2 aromatic carbocycles. The maximum absolute atomic E-state index is 13.1. The molecule has 4 rings (SSSR count). The maximum Gasteiger partial charge on any atom is 0.416 e. The van der Waals surface area contributed by atoms with E-state index in [0.717, 1.165) is 53.0 Å². The average molecular weight is 514 g/mol. The summed E-state index contributed by atoms with van der Waals surface area (Å²) in [4.78, 5) is 22.5. The van der Waals surface area contributed by atoms with Crippen LogP contribution in [0.4, 0.5) is 13.2 Å². The summed E-state index contributed by atoms with van der Waals surface area (Å²) in [5.41, 5.74) is 4.24. The summed E-state index contributed by atoms with van der Waals surface area (Å²) < 4.78 is 45.1. The van der Waals surface area contributed by atoms with Crippen LogP contribution in [-0.4, -0.2) is 39.0 Å². The zero-order chi connectivity index (χ0) is 26.7. The van der Waals surface area contributed by atoms with Crippen LogP contribution < -0.4 is 4.74 Å². The number of hydrogen-bond donors (Lipinski definition) is 1. The molecule has 0 spiro atoms. The van der Waals surface area contributed by atoms with Gasteiger partial charge in [0, 0.05) is 49.8 Å². The van der Waals surface area contributed by atoms with Gasteiger partial charge in [0.05, 0.1) is 11.3 Å². The van der Waals surface area contributed by atoms with Crippen molar-refractivity contribution in [3.63, 3.8) is 0 Å². The molecule has 0 aliphatic carbocycles. The number of carboxylic acid groups (broad SMARTS) is 1. The molecule has 1 aliphatic rings. The molecule has 0 saturated carbocycles. The highest BCUT2D eigenvalue weighted by molar-refractivity contribution is 5.67. The van der Waals surface area contributed by atoms with E-state index in [1.807, 2.05) is 32.2 Å². The molecule has 0 saturated heterocycles. The molecule has 1 atom stereocenters. The van der Waals surface area contributed by atoms with Crippen LogP contribution in [0.3, 0.4) is 0 Å². The van der Waals surface area contributed by atoms with Crippen molar-refractivity contribution in [1.82, 2.24) is 14.9 Å². The van der Waals surface area contributed by atoms with Gasteiger partial charge in [0.1, 0.15) is 12.4 Å². The summed E-state index contributed by atoms with van der Waals surface area (Å²) in [6, 6.07) is 9.23. The fourth-order valence-corrected chi connectivity index (χ4v) is 4.58. The normalized spacial score (nSPS) is 14.8. The average Bonchev–Trinajstić information content (AvgIpc) is 2.82. The van der Waals surface area contributed by atoms with Crippen molar-refractivity contribution < 1.29 is 27.8 Å². The molecule has 3 aromatic rings.